The summed E-state index contributed by atoms with van der Waals surface area (Å²) in [4.78, 5) is 4.05. The molecule has 0 radical (unpaired) electrons. The normalized spacial score (nSPS) is 10.7. The molecule has 0 saturated carbocycles. The number of rotatable bonds is 5. The van der Waals surface area contributed by atoms with Crippen molar-refractivity contribution >= 4 is 0 Å². The third-order valence-corrected chi connectivity index (χ3v) is 2.73. The van der Waals surface area contributed by atoms with Crippen molar-refractivity contribution in [3.05, 3.63) is 60.4 Å². The van der Waals surface area contributed by atoms with Crippen LogP contribution in [0.5, 0.6) is 0 Å². The molecule has 0 unspecified atom stereocenters. The van der Waals surface area contributed by atoms with Crippen LogP contribution in [0, 0.1) is 0 Å². The summed E-state index contributed by atoms with van der Waals surface area (Å²) in [6.07, 6.45) is 3.46. The minimum atomic E-state index is 0.651. The molecule has 2 N–H and O–H groups in total. The van der Waals surface area contributed by atoms with Crippen LogP contribution in [0.15, 0.2) is 48.9 Å². The lowest BCUT2D eigenvalue weighted by Gasteiger charge is -2.01. The summed E-state index contributed by atoms with van der Waals surface area (Å²) in [5.41, 5.74) is 2.05. The van der Waals surface area contributed by atoms with E-state index in [0.29, 0.717) is 13.1 Å². The van der Waals surface area contributed by atoms with E-state index < -0.39 is 0 Å². The third kappa shape index (κ3) is 2.86. The third-order valence-electron chi connectivity index (χ3n) is 2.73. The molecule has 0 fully saturated rings. The number of H-pyrrole nitrogens is 1. The number of nitrogens with one attached hydrogen (secondary N) is 2. The van der Waals surface area contributed by atoms with Gasteiger partial charge in [0.05, 0.1) is 17.9 Å². The van der Waals surface area contributed by atoms with Crippen molar-refractivity contribution in [1.82, 2.24) is 30.3 Å². The van der Waals surface area contributed by atoms with Crippen LogP contribution < -0.4 is 5.32 Å². The number of para-hydroxylation sites is 1. The predicted molar refractivity (Wildman–Crippen MR) is 70.5 cm³/mol. The van der Waals surface area contributed by atoms with E-state index in [1.165, 1.54) is 6.33 Å². The summed E-state index contributed by atoms with van der Waals surface area (Å²) in [6, 6.07) is 12.0. The van der Waals surface area contributed by atoms with Crippen LogP contribution in [0.25, 0.3) is 5.69 Å². The molecular weight excluding hydrogens is 240 g/mol. The standard InChI is InChI=1S/C13H14N6/c1-2-4-12(5-3-1)19-7-6-11(18-19)8-14-9-13-15-10-16-17-13/h1-7,10,14H,8-9H2,(H,15,16,17). The maximum absolute atomic E-state index is 4.51. The summed E-state index contributed by atoms with van der Waals surface area (Å²) < 4.78 is 1.87. The van der Waals surface area contributed by atoms with Gasteiger partial charge in [0.2, 0.25) is 0 Å². The molecule has 0 amide bonds. The number of hydrogen-bond donors (Lipinski definition) is 2. The van der Waals surface area contributed by atoms with Crippen LogP contribution in [0.1, 0.15) is 11.5 Å². The lowest BCUT2D eigenvalue weighted by atomic mass is 10.3. The molecule has 0 bridgehead atoms. The summed E-state index contributed by atoms with van der Waals surface area (Å²) >= 11 is 0. The van der Waals surface area contributed by atoms with Crippen molar-refractivity contribution in [3.8, 4) is 5.69 Å². The molecule has 0 aliphatic carbocycles. The van der Waals surface area contributed by atoms with E-state index in [1.807, 2.05) is 47.3 Å². The van der Waals surface area contributed by atoms with Gasteiger partial charge in [-0.1, -0.05) is 18.2 Å². The number of nitrogens with zero attached hydrogens (tertiary/aromatic N) is 4. The van der Waals surface area contributed by atoms with Gasteiger partial charge in [0, 0.05) is 12.7 Å². The summed E-state index contributed by atoms with van der Waals surface area (Å²) in [5, 5.41) is 14.4. The Bertz CT molecular complexity index is 614. The molecule has 6 heteroatoms. The van der Waals surface area contributed by atoms with Gasteiger partial charge in [0.1, 0.15) is 12.2 Å². The predicted octanol–water partition coefficient (Wildman–Crippen LogP) is 1.28. The highest BCUT2D eigenvalue weighted by Gasteiger charge is 2.01. The molecule has 6 nitrogen and oxygen atoms in total. The van der Waals surface area contributed by atoms with E-state index in [4.69, 9.17) is 0 Å². The highest BCUT2D eigenvalue weighted by molar-refractivity contribution is 5.30. The largest absolute Gasteiger partial charge is 0.304 e. The Kier molecular flexibility index (Phi) is 3.33. The molecule has 3 rings (SSSR count). The van der Waals surface area contributed by atoms with Crippen LogP contribution in [0.2, 0.25) is 0 Å². The molecule has 1 aromatic carbocycles. The Morgan fingerprint density at radius 3 is 2.79 bits per heavy atom. The zero-order valence-electron chi connectivity index (χ0n) is 10.3. The zero-order valence-corrected chi connectivity index (χ0v) is 10.3. The Hall–Kier alpha value is -2.47. The van der Waals surface area contributed by atoms with Crippen molar-refractivity contribution in [2.24, 2.45) is 0 Å². The molecule has 3 aromatic rings. The van der Waals surface area contributed by atoms with Gasteiger partial charge in [0.25, 0.3) is 0 Å². The van der Waals surface area contributed by atoms with E-state index in [1.54, 1.807) is 0 Å². The number of benzene rings is 1. The Labute approximate surface area is 110 Å². The molecule has 0 aliphatic heterocycles. The molecule has 0 atom stereocenters. The second-order valence-corrected chi connectivity index (χ2v) is 4.12. The highest BCUT2D eigenvalue weighted by atomic mass is 15.3. The summed E-state index contributed by atoms with van der Waals surface area (Å²) in [6.45, 7) is 1.35. The van der Waals surface area contributed by atoms with E-state index >= 15 is 0 Å². The quantitative estimate of drug-likeness (QED) is 0.719. The fourth-order valence-electron chi connectivity index (χ4n) is 1.81. The van der Waals surface area contributed by atoms with Crippen molar-refractivity contribution in [2.45, 2.75) is 13.1 Å². The van der Waals surface area contributed by atoms with Gasteiger partial charge < -0.3 is 5.32 Å². The lowest BCUT2D eigenvalue weighted by Crippen LogP contribution is -2.14. The van der Waals surface area contributed by atoms with Gasteiger partial charge >= 0.3 is 0 Å². The number of hydrogen-bond acceptors (Lipinski definition) is 4. The Morgan fingerprint density at radius 1 is 1.11 bits per heavy atom. The first-order chi connectivity index (χ1) is 9.42. The maximum Gasteiger partial charge on any atom is 0.138 e. The fraction of sp³-hybridized carbons (Fsp3) is 0.154. The van der Waals surface area contributed by atoms with Gasteiger partial charge in [-0.05, 0) is 18.2 Å². The molecule has 2 heterocycles. The van der Waals surface area contributed by atoms with Crippen molar-refractivity contribution in [2.75, 3.05) is 0 Å². The fourth-order valence-corrected chi connectivity index (χ4v) is 1.81. The average molecular weight is 254 g/mol. The molecule has 2 aromatic heterocycles. The topological polar surface area (TPSA) is 71.4 Å². The molecule has 0 aliphatic rings. The van der Waals surface area contributed by atoms with Crippen molar-refractivity contribution < 1.29 is 0 Å². The SMILES string of the molecule is c1ccc(-n2ccc(CNCc3ncn[nH]3)n2)cc1. The highest BCUT2D eigenvalue weighted by Crippen LogP contribution is 2.06. The molecule has 0 saturated heterocycles. The first kappa shape index (κ1) is 11.6. The second-order valence-electron chi connectivity index (χ2n) is 4.12. The number of aromatic nitrogens is 5. The molecule has 96 valence electrons. The van der Waals surface area contributed by atoms with Crippen LogP contribution in [-0.4, -0.2) is 25.0 Å². The lowest BCUT2D eigenvalue weighted by molar-refractivity contribution is 0.646. The second kappa shape index (κ2) is 5.45. The van der Waals surface area contributed by atoms with Crippen molar-refractivity contribution in [3.63, 3.8) is 0 Å². The van der Waals surface area contributed by atoms with Gasteiger partial charge in [0.15, 0.2) is 0 Å². The van der Waals surface area contributed by atoms with Crippen LogP contribution in [-0.2, 0) is 13.1 Å². The summed E-state index contributed by atoms with van der Waals surface area (Å²) in [5.74, 6) is 0.822. The summed E-state index contributed by atoms with van der Waals surface area (Å²) in [7, 11) is 0. The minimum Gasteiger partial charge on any atom is -0.304 e. The zero-order chi connectivity index (χ0) is 12.9. The van der Waals surface area contributed by atoms with Gasteiger partial charge in [-0.15, -0.1) is 0 Å². The average Bonchev–Trinajstić information content (AvgIpc) is 3.11. The molecule has 19 heavy (non-hydrogen) atoms. The number of aromatic amines is 1. The van der Waals surface area contributed by atoms with E-state index in [9.17, 15) is 0 Å². The van der Waals surface area contributed by atoms with Gasteiger partial charge in [-0.2, -0.15) is 10.2 Å². The van der Waals surface area contributed by atoms with Crippen LogP contribution in [0.4, 0.5) is 0 Å². The van der Waals surface area contributed by atoms with E-state index in [2.05, 4.69) is 25.6 Å². The van der Waals surface area contributed by atoms with E-state index in [0.717, 1.165) is 17.2 Å². The maximum atomic E-state index is 4.51. The first-order valence-corrected chi connectivity index (χ1v) is 6.07. The van der Waals surface area contributed by atoms with Crippen molar-refractivity contribution in [1.29, 1.82) is 0 Å². The molecular formula is C13H14N6. The molecule has 0 spiro atoms. The van der Waals surface area contributed by atoms with Crippen LogP contribution >= 0.6 is 0 Å². The monoisotopic (exact) mass is 254 g/mol. The van der Waals surface area contributed by atoms with Gasteiger partial charge in [-0.3, -0.25) is 5.10 Å². The van der Waals surface area contributed by atoms with E-state index in [-0.39, 0.29) is 0 Å². The smallest absolute Gasteiger partial charge is 0.138 e. The van der Waals surface area contributed by atoms with Crippen LogP contribution in [0.3, 0.4) is 0 Å². The van der Waals surface area contributed by atoms with Gasteiger partial charge in [-0.25, -0.2) is 9.67 Å². The Balaban J connectivity index is 1.59. The Morgan fingerprint density at radius 2 is 2.00 bits per heavy atom. The minimum absolute atomic E-state index is 0.651. The first-order valence-electron chi connectivity index (χ1n) is 6.07.